The van der Waals surface area contributed by atoms with Crippen LogP contribution >= 0.6 is 24.0 Å². The van der Waals surface area contributed by atoms with Crippen molar-refractivity contribution in [3.8, 4) is 5.75 Å². The summed E-state index contributed by atoms with van der Waals surface area (Å²) in [5, 5.41) is 6.87. The van der Waals surface area contributed by atoms with E-state index in [1.165, 1.54) is 30.6 Å². The monoisotopic (exact) mass is 460 g/mol. The van der Waals surface area contributed by atoms with Crippen molar-refractivity contribution in [1.29, 1.82) is 0 Å². The number of nitrogens with zero attached hydrogens (tertiary/aromatic N) is 2. The molecule has 5 nitrogen and oxygen atoms in total. The van der Waals surface area contributed by atoms with E-state index < -0.39 is 0 Å². The Bertz CT molecular complexity index is 550. The summed E-state index contributed by atoms with van der Waals surface area (Å²) in [6.07, 6.45) is 2.23. The molecule has 1 aromatic rings. The summed E-state index contributed by atoms with van der Waals surface area (Å²) >= 11 is 0. The van der Waals surface area contributed by atoms with Crippen LogP contribution < -0.4 is 15.4 Å². The maximum atomic E-state index is 5.39. The largest absolute Gasteiger partial charge is 0.496 e. The molecule has 1 unspecified atom stereocenters. The molecule has 1 aromatic carbocycles. The second kappa shape index (κ2) is 11.6. The number of guanidine groups is 1. The Labute approximate surface area is 169 Å². The van der Waals surface area contributed by atoms with Crippen LogP contribution in [0.1, 0.15) is 24.5 Å². The summed E-state index contributed by atoms with van der Waals surface area (Å²) in [7, 11) is 3.55. The maximum Gasteiger partial charge on any atom is 0.190 e. The molecule has 1 atom stereocenters. The molecule has 1 aliphatic heterocycles. The van der Waals surface area contributed by atoms with Gasteiger partial charge in [0.25, 0.3) is 0 Å². The van der Waals surface area contributed by atoms with E-state index in [1.807, 2.05) is 7.05 Å². The Kier molecular flexibility index (Phi) is 10.2. The van der Waals surface area contributed by atoms with E-state index in [0.717, 1.165) is 43.7 Å². The van der Waals surface area contributed by atoms with E-state index >= 15 is 0 Å². The molecule has 1 fully saturated rings. The smallest absolute Gasteiger partial charge is 0.190 e. The Hall–Kier alpha value is -1.02. The molecule has 0 spiro atoms. The molecule has 2 rings (SSSR count). The van der Waals surface area contributed by atoms with E-state index in [2.05, 4.69) is 52.6 Å². The SMILES string of the molecule is CCN1CCC(CNC(=NC)NCCc2ccc(C)c(OC)c2)C1.I. The van der Waals surface area contributed by atoms with Crippen LogP contribution in [0.25, 0.3) is 0 Å². The molecule has 2 N–H and O–H groups in total. The number of ether oxygens (including phenoxy) is 1. The van der Waals surface area contributed by atoms with Gasteiger partial charge in [0.15, 0.2) is 5.96 Å². The van der Waals surface area contributed by atoms with Crippen LogP contribution in [0.4, 0.5) is 0 Å². The lowest BCUT2D eigenvalue weighted by atomic mass is 10.1. The minimum Gasteiger partial charge on any atom is -0.496 e. The van der Waals surface area contributed by atoms with Crippen LogP contribution in [-0.2, 0) is 6.42 Å². The van der Waals surface area contributed by atoms with Crippen LogP contribution in [-0.4, -0.2) is 57.7 Å². The molecule has 1 saturated heterocycles. The minimum atomic E-state index is 0. The number of hydrogen-bond acceptors (Lipinski definition) is 3. The average molecular weight is 460 g/mol. The van der Waals surface area contributed by atoms with E-state index in [4.69, 9.17) is 4.74 Å². The van der Waals surface area contributed by atoms with Crippen molar-refractivity contribution in [2.24, 2.45) is 10.9 Å². The summed E-state index contributed by atoms with van der Waals surface area (Å²) in [5.41, 5.74) is 2.44. The Morgan fingerprint density at radius 1 is 1.36 bits per heavy atom. The summed E-state index contributed by atoms with van der Waals surface area (Å²) in [6.45, 7) is 9.73. The molecule has 0 radical (unpaired) electrons. The summed E-state index contributed by atoms with van der Waals surface area (Å²) in [4.78, 5) is 6.83. The number of rotatable bonds is 7. The number of hydrogen-bond donors (Lipinski definition) is 2. The third-order valence-corrected chi connectivity index (χ3v) is 4.78. The quantitative estimate of drug-likeness (QED) is 0.373. The van der Waals surface area contributed by atoms with Crippen molar-refractivity contribution in [2.45, 2.75) is 26.7 Å². The predicted octanol–water partition coefficient (Wildman–Crippen LogP) is 2.67. The minimum absolute atomic E-state index is 0. The van der Waals surface area contributed by atoms with Crippen LogP contribution in [0, 0.1) is 12.8 Å². The van der Waals surface area contributed by atoms with Gasteiger partial charge in [-0.2, -0.15) is 0 Å². The number of benzene rings is 1. The fraction of sp³-hybridized carbons (Fsp3) is 0.632. The predicted molar refractivity (Wildman–Crippen MR) is 116 cm³/mol. The van der Waals surface area contributed by atoms with E-state index in [0.29, 0.717) is 0 Å². The van der Waals surface area contributed by atoms with Crippen molar-refractivity contribution in [1.82, 2.24) is 15.5 Å². The molecule has 0 bridgehead atoms. The van der Waals surface area contributed by atoms with Gasteiger partial charge in [-0.15, -0.1) is 24.0 Å². The van der Waals surface area contributed by atoms with Crippen LogP contribution in [0.3, 0.4) is 0 Å². The van der Waals surface area contributed by atoms with Gasteiger partial charge in [0, 0.05) is 26.7 Å². The zero-order chi connectivity index (χ0) is 17.4. The Morgan fingerprint density at radius 3 is 2.80 bits per heavy atom. The number of nitrogens with one attached hydrogen (secondary N) is 2. The van der Waals surface area contributed by atoms with Gasteiger partial charge in [0.1, 0.15) is 5.75 Å². The molecule has 0 saturated carbocycles. The molecule has 1 heterocycles. The molecule has 6 heteroatoms. The highest BCUT2D eigenvalue weighted by atomic mass is 127. The Morgan fingerprint density at radius 2 is 2.16 bits per heavy atom. The highest BCUT2D eigenvalue weighted by molar-refractivity contribution is 14.0. The number of aliphatic imine (C=N–C) groups is 1. The molecule has 1 aliphatic rings. The van der Waals surface area contributed by atoms with E-state index in [9.17, 15) is 0 Å². The van der Waals surface area contributed by atoms with Crippen molar-refractivity contribution in [3.05, 3.63) is 29.3 Å². The lowest BCUT2D eigenvalue weighted by Crippen LogP contribution is -2.41. The first-order valence-electron chi connectivity index (χ1n) is 8.96. The summed E-state index contributed by atoms with van der Waals surface area (Å²) in [5.74, 6) is 2.57. The average Bonchev–Trinajstić information content (AvgIpc) is 3.07. The lowest BCUT2D eigenvalue weighted by Gasteiger charge is -2.16. The standard InChI is InChI=1S/C19H32N4O.HI/c1-5-23-11-9-17(14-23)13-22-19(20-3)21-10-8-16-7-6-15(2)18(12-16)24-4;/h6-7,12,17H,5,8-11,13-14H2,1-4H3,(H2,20,21,22);1H. The van der Waals surface area contributed by atoms with Crippen LogP contribution in [0.15, 0.2) is 23.2 Å². The van der Waals surface area contributed by atoms with E-state index in [1.54, 1.807) is 7.11 Å². The van der Waals surface area contributed by atoms with Crippen LogP contribution in [0.2, 0.25) is 0 Å². The van der Waals surface area contributed by atoms with Gasteiger partial charge < -0.3 is 20.3 Å². The molecule has 0 amide bonds. The normalized spacial score (nSPS) is 17.9. The van der Waals surface area contributed by atoms with Crippen LogP contribution in [0.5, 0.6) is 5.75 Å². The maximum absolute atomic E-state index is 5.39. The third kappa shape index (κ3) is 7.01. The van der Waals surface area contributed by atoms with Gasteiger partial charge >= 0.3 is 0 Å². The van der Waals surface area contributed by atoms with Gasteiger partial charge in [-0.3, -0.25) is 4.99 Å². The zero-order valence-corrected chi connectivity index (χ0v) is 18.3. The number of aryl methyl sites for hydroxylation is 1. The number of halogens is 1. The lowest BCUT2D eigenvalue weighted by molar-refractivity contribution is 0.342. The highest BCUT2D eigenvalue weighted by Crippen LogP contribution is 2.19. The van der Waals surface area contributed by atoms with E-state index in [-0.39, 0.29) is 24.0 Å². The summed E-state index contributed by atoms with van der Waals surface area (Å²) in [6, 6.07) is 6.39. The molecule has 0 aliphatic carbocycles. The molecular formula is C19H33IN4O. The van der Waals surface area contributed by atoms with Gasteiger partial charge in [0.05, 0.1) is 7.11 Å². The van der Waals surface area contributed by atoms with Gasteiger partial charge in [0.2, 0.25) is 0 Å². The highest BCUT2D eigenvalue weighted by Gasteiger charge is 2.20. The molecule has 0 aromatic heterocycles. The van der Waals surface area contributed by atoms with Gasteiger partial charge in [-0.25, -0.2) is 0 Å². The topological polar surface area (TPSA) is 48.9 Å². The van der Waals surface area contributed by atoms with Crippen molar-refractivity contribution < 1.29 is 4.74 Å². The zero-order valence-electron chi connectivity index (χ0n) is 16.0. The second-order valence-electron chi connectivity index (χ2n) is 6.48. The first kappa shape index (κ1) is 22.0. The summed E-state index contributed by atoms with van der Waals surface area (Å²) < 4.78 is 5.39. The molecule has 25 heavy (non-hydrogen) atoms. The Balaban J connectivity index is 0.00000312. The first-order chi connectivity index (χ1) is 11.7. The van der Waals surface area contributed by atoms with Crippen molar-refractivity contribution in [2.75, 3.05) is 46.9 Å². The van der Waals surface area contributed by atoms with Crippen molar-refractivity contribution in [3.63, 3.8) is 0 Å². The van der Waals surface area contributed by atoms with Gasteiger partial charge in [-0.1, -0.05) is 19.1 Å². The third-order valence-electron chi connectivity index (χ3n) is 4.78. The fourth-order valence-corrected chi connectivity index (χ4v) is 3.17. The van der Waals surface area contributed by atoms with Gasteiger partial charge in [-0.05, 0) is 56.0 Å². The first-order valence-corrected chi connectivity index (χ1v) is 8.96. The number of methoxy groups -OCH3 is 1. The fourth-order valence-electron chi connectivity index (χ4n) is 3.17. The second-order valence-corrected chi connectivity index (χ2v) is 6.48. The van der Waals surface area contributed by atoms with Crippen molar-refractivity contribution >= 4 is 29.9 Å². The molecule has 142 valence electrons. The number of likely N-dealkylation sites (tertiary alicyclic amines) is 1. The molecular weight excluding hydrogens is 427 g/mol.